The summed E-state index contributed by atoms with van der Waals surface area (Å²) >= 11 is 0. The molecular formula is C14H25N5O3S. The van der Waals surface area contributed by atoms with Crippen molar-refractivity contribution in [3.8, 4) is 0 Å². The van der Waals surface area contributed by atoms with Crippen molar-refractivity contribution < 1.29 is 13.2 Å². The molecule has 0 aliphatic carbocycles. The third-order valence-electron chi connectivity index (χ3n) is 4.01. The summed E-state index contributed by atoms with van der Waals surface area (Å²) in [5.41, 5.74) is 1.04. The zero-order chi connectivity index (χ0) is 17.0. The van der Waals surface area contributed by atoms with Crippen LogP contribution in [0.4, 0.5) is 4.79 Å². The third-order valence-corrected chi connectivity index (χ3v) is 5.69. The van der Waals surface area contributed by atoms with Gasteiger partial charge >= 0.3 is 6.03 Å². The van der Waals surface area contributed by atoms with Gasteiger partial charge in [-0.25, -0.2) is 13.2 Å². The number of hydrogen-bond acceptors (Lipinski definition) is 5. The molecule has 9 heteroatoms. The van der Waals surface area contributed by atoms with Crippen LogP contribution in [0.3, 0.4) is 0 Å². The molecule has 1 aliphatic rings. The highest BCUT2D eigenvalue weighted by molar-refractivity contribution is 7.91. The zero-order valence-electron chi connectivity index (χ0n) is 13.9. The van der Waals surface area contributed by atoms with Crippen LogP contribution in [0, 0.1) is 0 Å². The van der Waals surface area contributed by atoms with Crippen LogP contribution in [-0.2, 0) is 16.4 Å². The molecule has 2 rings (SSSR count). The molecule has 2 heterocycles. The summed E-state index contributed by atoms with van der Waals surface area (Å²) < 4.78 is 25.3. The number of amides is 2. The largest absolute Gasteiger partial charge is 0.336 e. The molecule has 0 saturated heterocycles. The van der Waals surface area contributed by atoms with Gasteiger partial charge in [0, 0.05) is 52.2 Å². The summed E-state index contributed by atoms with van der Waals surface area (Å²) in [5, 5.41) is 7.20. The Morgan fingerprint density at radius 1 is 1.48 bits per heavy atom. The second kappa shape index (κ2) is 7.31. The van der Waals surface area contributed by atoms with Gasteiger partial charge in [-0.3, -0.25) is 9.58 Å². The summed E-state index contributed by atoms with van der Waals surface area (Å²) in [6.45, 7) is 3.97. The van der Waals surface area contributed by atoms with E-state index in [1.54, 1.807) is 27.2 Å². The van der Waals surface area contributed by atoms with Crippen LogP contribution in [0.5, 0.6) is 0 Å². The molecule has 0 bridgehead atoms. The van der Waals surface area contributed by atoms with Crippen molar-refractivity contribution >= 4 is 15.9 Å². The average Bonchev–Trinajstić information content (AvgIpc) is 2.98. The van der Waals surface area contributed by atoms with Gasteiger partial charge < -0.3 is 10.2 Å². The standard InChI is InChI=1S/C14H25N5O3S/c1-4-23(21,22)8-7-18-10-12-5-6-16-19(12)13(11-18)9-15-14(20)17(2)3/h5-6,13H,4,7-11H2,1-3H3,(H,15,20)/t13-/m0/s1. The monoisotopic (exact) mass is 343 g/mol. The SMILES string of the molecule is CCS(=O)(=O)CCN1Cc2ccnn2[C@@H](CNC(=O)N(C)C)C1. The lowest BCUT2D eigenvalue weighted by molar-refractivity contribution is 0.176. The molecule has 0 saturated carbocycles. The van der Waals surface area contributed by atoms with Gasteiger partial charge in [-0.05, 0) is 6.07 Å². The average molecular weight is 343 g/mol. The fourth-order valence-corrected chi connectivity index (χ4v) is 3.39. The molecule has 1 aromatic heterocycles. The molecule has 0 unspecified atom stereocenters. The Kier molecular flexibility index (Phi) is 5.64. The van der Waals surface area contributed by atoms with Crippen molar-refractivity contribution in [3.63, 3.8) is 0 Å². The van der Waals surface area contributed by atoms with Crippen molar-refractivity contribution in [3.05, 3.63) is 18.0 Å². The van der Waals surface area contributed by atoms with Crippen LogP contribution in [0.1, 0.15) is 18.7 Å². The topological polar surface area (TPSA) is 87.5 Å². The molecule has 130 valence electrons. The first-order valence-electron chi connectivity index (χ1n) is 7.72. The Bertz CT molecular complexity index is 641. The molecular weight excluding hydrogens is 318 g/mol. The normalized spacial score (nSPS) is 18.5. The first-order chi connectivity index (χ1) is 10.8. The summed E-state index contributed by atoms with van der Waals surface area (Å²) in [5.74, 6) is 0.329. The van der Waals surface area contributed by atoms with Crippen molar-refractivity contribution in [2.75, 3.05) is 45.2 Å². The quantitative estimate of drug-likeness (QED) is 0.782. The second-order valence-corrected chi connectivity index (χ2v) is 8.45. The highest BCUT2D eigenvalue weighted by Gasteiger charge is 2.26. The lowest BCUT2D eigenvalue weighted by Crippen LogP contribution is -2.45. The fraction of sp³-hybridized carbons (Fsp3) is 0.714. The first kappa shape index (κ1) is 17.7. The first-order valence-corrected chi connectivity index (χ1v) is 9.55. The minimum atomic E-state index is -2.98. The Hall–Kier alpha value is -1.61. The van der Waals surface area contributed by atoms with Gasteiger partial charge in [0.1, 0.15) is 0 Å². The third kappa shape index (κ3) is 4.68. The van der Waals surface area contributed by atoms with Gasteiger partial charge in [-0.15, -0.1) is 0 Å². The highest BCUT2D eigenvalue weighted by Crippen LogP contribution is 2.19. The molecule has 0 aromatic carbocycles. The van der Waals surface area contributed by atoms with E-state index in [9.17, 15) is 13.2 Å². The second-order valence-electron chi connectivity index (χ2n) is 5.97. The minimum Gasteiger partial charge on any atom is -0.336 e. The Morgan fingerprint density at radius 2 is 2.22 bits per heavy atom. The number of fused-ring (bicyclic) bond motifs is 1. The molecule has 1 N–H and O–H groups in total. The van der Waals surface area contributed by atoms with Crippen molar-refractivity contribution in [1.82, 2.24) is 24.9 Å². The van der Waals surface area contributed by atoms with Crippen LogP contribution in [0.2, 0.25) is 0 Å². The number of nitrogens with one attached hydrogen (secondary N) is 1. The van der Waals surface area contributed by atoms with Crippen molar-refractivity contribution in [2.24, 2.45) is 0 Å². The van der Waals surface area contributed by atoms with Crippen molar-refractivity contribution in [2.45, 2.75) is 19.5 Å². The van der Waals surface area contributed by atoms with Crippen LogP contribution < -0.4 is 5.32 Å². The van der Waals surface area contributed by atoms with Gasteiger partial charge in [-0.1, -0.05) is 6.92 Å². The van der Waals surface area contributed by atoms with Gasteiger partial charge in [0.25, 0.3) is 0 Å². The highest BCUT2D eigenvalue weighted by atomic mass is 32.2. The van der Waals surface area contributed by atoms with Gasteiger partial charge in [0.05, 0.1) is 17.5 Å². The molecule has 8 nitrogen and oxygen atoms in total. The summed E-state index contributed by atoms with van der Waals surface area (Å²) in [4.78, 5) is 15.3. The van der Waals surface area contributed by atoms with E-state index in [0.29, 0.717) is 26.2 Å². The van der Waals surface area contributed by atoms with E-state index in [4.69, 9.17) is 0 Å². The van der Waals surface area contributed by atoms with E-state index in [-0.39, 0.29) is 23.6 Å². The molecule has 1 atom stereocenters. The number of sulfone groups is 1. The predicted octanol–water partition coefficient (Wildman–Crippen LogP) is -0.0543. The number of urea groups is 1. The summed E-state index contributed by atoms with van der Waals surface area (Å²) in [7, 11) is 0.406. The van der Waals surface area contributed by atoms with Crippen LogP contribution in [-0.4, -0.2) is 79.3 Å². The number of carbonyl (C=O) groups excluding carboxylic acids is 1. The maximum absolute atomic E-state index is 11.7. The number of hydrogen-bond donors (Lipinski definition) is 1. The number of aromatic nitrogens is 2. The maximum Gasteiger partial charge on any atom is 0.316 e. The van der Waals surface area contributed by atoms with Crippen LogP contribution >= 0.6 is 0 Å². The van der Waals surface area contributed by atoms with Crippen molar-refractivity contribution in [1.29, 1.82) is 0 Å². The zero-order valence-corrected chi connectivity index (χ0v) is 14.7. The van der Waals surface area contributed by atoms with E-state index < -0.39 is 9.84 Å². The minimum absolute atomic E-state index is 0.00183. The predicted molar refractivity (Wildman–Crippen MR) is 88.0 cm³/mol. The van der Waals surface area contributed by atoms with Crippen LogP contribution in [0.15, 0.2) is 12.3 Å². The molecule has 0 spiro atoms. The Labute approximate surface area is 137 Å². The Balaban J connectivity index is 2.00. The van der Waals surface area contributed by atoms with E-state index in [1.807, 2.05) is 10.7 Å². The van der Waals surface area contributed by atoms with Gasteiger partial charge in [-0.2, -0.15) is 5.10 Å². The number of carbonyl (C=O) groups is 1. The van der Waals surface area contributed by atoms with E-state index in [1.165, 1.54) is 4.90 Å². The number of nitrogens with zero attached hydrogens (tertiary/aromatic N) is 4. The summed E-state index contributed by atoms with van der Waals surface area (Å²) in [6, 6.07) is 1.78. The molecule has 23 heavy (non-hydrogen) atoms. The molecule has 2 amide bonds. The molecule has 0 fully saturated rings. The summed E-state index contributed by atoms with van der Waals surface area (Å²) in [6.07, 6.45) is 1.74. The molecule has 0 radical (unpaired) electrons. The lowest BCUT2D eigenvalue weighted by Gasteiger charge is -2.34. The smallest absolute Gasteiger partial charge is 0.316 e. The van der Waals surface area contributed by atoms with E-state index >= 15 is 0 Å². The van der Waals surface area contributed by atoms with E-state index in [2.05, 4.69) is 15.3 Å². The van der Waals surface area contributed by atoms with E-state index in [0.717, 1.165) is 5.69 Å². The van der Waals surface area contributed by atoms with Crippen LogP contribution in [0.25, 0.3) is 0 Å². The van der Waals surface area contributed by atoms with Gasteiger partial charge in [0.2, 0.25) is 0 Å². The molecule has 1 aliphatic heterocycles. The van der Waals surface area contributed by atoms with Gasteiger partial charge in [0.15, 0.2) is 9.84 Å². The Morgan fingerprint density at radius 3 is 2.87 bits per heavy atom. The molecule has 1 aromatic rings. The maximum atomic E-state index is 11.7. The fourth-order valence-electron chi connectivity index (χ4n) is 2.56. The lowest BCUT2D eigenvalue weighted by atomic mass is 10.2. The number of rotatable bonds is 6.